The minimum Gasteiger partial charge on any atom is -0.389 e. The molecule has 0 aliphatic heterocycles. The Hall–Kier alpha value is -0.670. The monoisotopic (exact) mass is 263 g/mol. The number of carbonyl (C=O) groups excluding carboxylic acids is 1. The molecule has 0 amide bonds. The Morgan fingerprint density at radius 3 is 2.58 bits per heavy atom. The smallest absolute Gasteiger partial charge is 0.166 e. The molecular weight excluding hydrogens is 238 g/mol. The second kappa shape index (κ2) is 3.92. The minimum absolute atomic E-state index is 0.193. The molecule has 3 aliphatic rings. The molecule has 0 spiro atoms. The molecule has 0 aromatic carbocycles. The van der Waals surface area contributed by atoms with Crippen LogP contribution in [0.25, 0.3) is 0 Å². The molecule has 3 heteroatoms. The number of Topliss-reactive ketones (excluding diaryl/α,β-unsaturated/α-hetero) is 1. The molecule has 3 nitrogen and oxygen atoms in total. The molecule has 0 saturated heterocycles. The lowest BCUT2D eigenvalue weighted by Gasteiger charge is -2.42. The molecule has 0 radical (unpaired) electrons. The minimum atomic E-state index is -0.765. The molecule has 2 fully saturated rings. The third-order valence-corrected chi connectivity index (χ3v) is 6.26. The van der Waals surface area contributed by atoms with Gasteiger partial charge in [-0.1, -0.05) is 12.8 Å². The van der Waals surface area contributed by atoms with Gasteiger partial charge in [0.15, 0.2) is 5.78 Å². The van der Waals surface area contributed by atoms with Gasteiger partial charge in [-0.25, -0.2) is 0 Å². The van der Waals surface area contributed by atoms with Gasteiger partial charge >= 0.3 is 0 Å². The van der Waals surface area contributed by atoms with Crippen LogP contribution in [0.2, 0.25) is 0 Å². The Kier molecular flexibility index (Phi) is 2.75. The third kappa shape index (κ3) is 1.38. The van der Waals surface area contributed by atoms with Crippen molar-refractivity contribution >= 4 is 5.78 Å². The van der Waals surface area contributed by atoms with E-state index in [2.05, 4.69) is 25.9 Å². The quantitative estimate of drug-likeness (QED) is 0.788. The van der Waals surface area contributed by atoms with Crippen LogP contribution in [-0.2, 0) is 4.79 Å². The SMILES string of the molecule is CC1=C(C)[C@]2(N(C)C)C[C@H]3CCCC[C@@]3(O)[C@@H]2C1=O. The number of hydrogen-bond acceptors (Lipinski definition) is 3. The van der Waals surface area contributed by atoms with Crippen LogP contribution < -0.4 is 0 Å². The molecule has 0 unspecified atom stereocenters. The highest BCUT2D eigenvalue weighted by Crippen LogP contribution is 2.61. The van der Waals surface area contributed by atoms with Crippen molar-refractivity contribution in [2.45, 2.75) is 57.1 Å². The van der Waals surface area contributed by atoms with Crippen molar-refractivity contribution in [2.75, 3.05) is 14.1 Å². The Morgan fingerprint density at radius 1 is 1.26 bits per heavy atom. The number of ketones is 1. The van der Waals surface area contributed by atoms with Crippen LogP contribution in [0.3, 0.4) is 0 Å². The zero-order valence-corrected chi connectivity index (χ0v) is 12.5. The number of nitrogens with zero attached hydrogens (tertiary/aromatic N) is 1. The first-order valence-electron chi connectivity index (χ1n) is 7.47. The summed E-state index contributed by atoms with van der Waals surface area (Å²) >= 11 is 0. The van der Waals surface area contributed by atoms with Crippen molar-refractivity contribution in [1.82, 2.24) is 4.90 Å². The van der Waals surface area contributed by atoms with E-state index in [1.165, 1.54) is 12.0 Å². The number of fused-ring (bicyclic) bond motifs is 3. The van der Waals surface area contributed by atoms with Crippen LogP contribution in [0, 0.1) is 11.8 Å². The molecule has 4 atom stereocenters. The summed E-state index contributed by atoms with van der Waals surface area (Å²) in [5, 5.41) is 11.2. The lowest BCUT2D eigenvalue weighted by Crippen LogP contribution is -2.54. The highest BCUT2D eigenvalue weighted by atomic mass is 16.3. The maximum Gasteiger partial charge on any atom is 0.166 e. The van der Waals surface area contributed by atoms with Gasteiger partial charge in [0.2, 0.25) is 0 Å². The van der Waals surface area contributed by atoms with Gasteiger partial charge in [0.1, 0.15) is 0 Å². The fourth-order valence-electron chi connectivity index (χ4n) is 5.13. The van der Waals surface area contributed by atoms with Crippen molar-refractivity contribution in [3.63, 3.8) is 0 Å². The molecule has 0 aromatic heterocycles. The third-order valence-electron chi connectivity index (χ3n) is 6.26. The van der Waals surface area contributed by atoms with Gasteiger partial charge in [-0.15, -0.1) is 0 Å². The van der Waals surface area contributed by atoms with Crippen LogP contribution in [0.1, 0.15) is 46.0 Å². The Bertz CT molecular complexity index is 467. The van der Waals surface area contributed by atoms with Gasteiger partial charge in [0.25, 0.3) is 0 Å². The second-order valence-electron chi connectivity index (χ2n) is 7.00. The lowest BCUT2D eigenvalue weighted by atomic mass is 9.71. The molecule has 3 aliphatic carbocycles. The highest BCUT2D eigenvalue weighted by Gasteiger charge is 2.68. The summed E-state index contributed by atoms with van der Waals surface area (Å²) in [5.74, 6) is 0.249. The molecule has 0 aromatic rings. The fraction of sp³-hybridized carbons (Fsp3) is 0.812. The summed E-state index contributed by atoms with van der Waals surface area (Å²) in [5.41, 5.74) is 1.08. The molecule has 106 valence electrons. The van der Waals surface area contributed by atoms with E-state index in [1.54, 1.807) is 0 Å². The molecular formula is C16H25NO2. The van der Waals surface area contributed by atoms with E-state index in [0.29, 0.717) is 5.92 Å². The zero-order chi connectivity index (χ0) is 14.0. The molecule has 19 heavy (non-hydrogen) atoms. The van der Waals surface area contributed by atoms with E-state index >= 15 is 0 Å². The predicted molar refractivity (Wildman–Crippen MR) is 74.8 cm³/mol. The van der Waals surface area contributed by atoms with Gasteiger partial charge in [-0.05, 0) is 64.3 Å². The van der Waals surface area contributed by atoms with Crippen molar-refractivity contribution in [3.8, 4) is 0 Å². The standard InChI is InChI=1S/C16H25NO2/c1-10-11(2)15(17(3)4)9-12-7-5-6-8-16(12,19)14(15)13(10)18/h12,14,19H,5-9H2,1-4H3/t12-,14-,15-,16+/m1/s1. The average molecular weight is 263 g/mol. The maximum absolute atomic E-state index is 12.7. The summed E-state index contributed by atoms with van der Waals surface area (Å²) in [6.45, 7) is 4.02. The number of allylic oxidation sites excluding steroid dienone is 1. The first kappa shape index (κ1) is 13.3. The number of likely N-dealkylation sites (N-methyl/N-ethyl adjacent to an activating group) is 1. The molecule has 1 N–H and O–H groups in total. The van der Waals surface area contributed by atoms with E-state index < -0.39 is 5.60 Å². The zero-order valence-electron chi connectivity index (χ0n) is 12.5. The van der Waals surface area contributed by atoms with Gasteiger partial charge in [0.05, 0.1) is 17.1 Å². The van der Waals surface area contributed by atoms with E-state index in [0.717, 1.165) is 31.3 Å². The maximum atomic E-state index is 12.7. The predicted octanol–water partition coefficient (Wildman–Crippen LogP) is 2.15. The lowest BCUT2D eigenvalue weighted by molar-refractivity contribution is -0.134. The largest absolute Gasteiger partial charge is 0.389 e. The first-order valence-corrected chi connectivity index (χ1v) is 7.47. The number of hydrogen-bond donors (Lipinski definition) is 1. The molecule has 0 heterocycles. The van der Waals surface area contributed by atoms with E-state index in [9.17, 15) is 9.90 Å². The van der Waals surface area contributed by atoms with Crippen LogP contribution in [0.5, 0.6) is 0 Å². The van der Waals surface area contributed by atoms with Crippen molar-refractivity contribution < 1.29 is 9.90 Å². The van der Waals surface area contributed by atoms with Crippen molar-refractivity contribution in [2.24, 2.45) is 11.8 Å². The molecule has 0 bridgehead atoms. The average Bonchev–Trinajstić information content (AvgIpc) is 2.75. The van der Waals surface area contributed by atoms with E-state index in [1.807, 2.05) is 6.92 Å². The number of rotatable bonds is 1. The Balaban J connectivity index is 2.16. The Labute approximate surface area is 115 Å². The summed E-state index contributed by atoms with van der Waals surface area (Å²) < 4.78 is 0. The van der Waals surface area contributed by atoms with Crippen molar-refractivity contribution in [3.05, 3.63) is 11.1 Å². The van der Waals surface area contributed by atoms with Gasteiger partial charge in [-0.3, -0.25) is 9.69 Å². The fourth-order valence-corrected chi connectivity index (χ4v) is 5.13. The van der Waals surface area contributed by atoms with Gasteiger partial charge in [0, 0.05) is 0 Å². The van der Waals surface area contributed by atoms with Crippen LogP contribution in [-0.4, -0.2) is 41.0 Å². The second-order valence-corrected chi connectivity index (χ2v) is 7.00. The van der Waals surface area contributed by atoms with Crippen LogP contribution >= 0.6 is 0 Å². The molecule has 2 saturated carbocycles. The van der Waals surface area contributed by atoms with Gasteiger partial charge in [-0.2, -0.15) is 0 Å². The van der Waals surface area contributed by atoms with Gasteiger partial charge < -0.3 is 5.11 Å². The van der Waals surface area contributed by atoms with E-state index in [4.69, 9.17) is 0 Å². The topological polar surface area (TPSA) is 40.5 Å². The first-order chi connectivity index (χ1) is 8.85. The van der Waals surface area contributed by atoms with Crippen LogP contribution in [0.4, 0.5) is 0 Å². The summed E-state index contributed by atoms with van der Waals surface area (Å²) in [4.78, 5) is 14.9. The highest BCUT2D eigenvalue weighted by molar-refractivity contribution is 6.03. The Morgan fingerprint density at radius 2 is 1.95 bits per heavy atom. The van der Waals surface area contributed by atoms with E-state index in [-0.39, 0.29) is 17.2 Å². The molecule has 3 rings (SSSR count). The van der Waals surface area contributed by atoms with Crippen molar-refractivity contribution in [1.29, 1.82) is 0 Å². The number of carbonyl (C=O) groups is 1. The van der Waals surface area contributed by atoms with Crippen LogP contribution in [0.15, 0.2) is 11.1 Å². The normalized spacial score (nSPS) is 45.9. The summed E-state index contributed by atoms with van der Waals surface area (Å²) in [7, 11) is 4.12. The number of aliphatic hydroxyl groups is 1. The summed E-state index contributed by atoms with van der Waals surface area (Å²) in [6, 6.07) is 0. The summed E-state index contributed by atoms with van der Waals surface area (Å²) in [6.07, 6.45) is 5.06.